The van der Waals surface area contributed by atoms with Crippen LogP contribution in [0.15, 0.2) is 16.6 Å². The first-order valence-electron chi connectivity index (χ1n) is 7.49. The fourth-order valence-corrected chi connectivity index (χ4v) is 3.90. The van der Waals surface area contributed by atoms with Crippen molar-refractivity contribution in [2.75, 3.05) is 26.2 Å². The fourth-order valence-electron chi connectivity index (χ4n) is 2.95. The van der Waals surface area contributed by atoms with Gasteiger partial charge in [0.05, 0.1) is 5.71 Å². The lowest BCUT2D eigenvalue weighted by Crippen LogP contribution is -2.32. The van der Waals surface area contributed by atoms with Crippen LogP contribution in [-0.2, 0) is 11.3 Å². The quantitative estimate of drug-likeness (QED) is 0.847. The van der Waals surface area contributed by atoms with Crippen molar-refractivity contribution in [2.24, 2.45) is 5.16 Å². The van der Waals surface area contributed by atoms with Crippen LogP contribution in [0, 0.1) is 0 Å². The summed E-state index contributed by atoms with van der Waals surface area (Å²) in [5, 5.41) is 16.3. The number of aryl methyl sites for hydroxylation is 1. The van der Waals surface area contributed by atoms with Crippen molar-refractivity contribution in [1.29, 1.82) is 0 Å². The van der Waals surface area contributed by atoms with Gasteiger partial charge < -0.3 is 14.8 Å². The highest BCUT2D eigenvalue weighted by Crippen LogP contribution is 2.26. The molecular weight excluding hydrogens is 272 g/mol. The second-order valence-corrected chi connectivity index (χ2v) is 6.61. The molecule has 1 aromatic rings. The largest absolute Gasteiger partial charge is 0.393 e. The van der Waals surface area contributed by atoms with Crippen LogP contribution in [0.25, 0.3) is 0 Å². The highest BCUT2D eigenvalue weighted by Gasteiger charge is 2.18. The molecule has 2 aliphatic rings. The Morgan fingerprint density at radius 1 is 1.30 bits per heavy atom. The molecule has 1 fully saturated rings. The van der Waals surface area contributed by atoms with Gasteiger partial charge in [-0.15, -0.1) is 11.3 Å². The van der Waals surface area contributed by atoms with Crippen molar-refractivity contribution in [3.63, 3.8) is 0 Å². The van der Waals surface area contributed by atoms with Crippen molar-refractivity contribution >= 4 is 17.0 Å². The van der Waals surface area contributed by atoms with Crippen LogP contribution in [0.3, 0.4) is 0 Å². The van der Waals surface area contributed by atoms with Gasteiger partial charge in [0, 0.05) is 17.0 Å². The number of oxime groups is 1. The average molecular weight is 294 g/mol. The molecule has 0 bridgehead atoms. The number of hydrogen-bond acceptors (Lipinski definition) is 5. The SMILES string of the molecule is OC(CO/N=C1/CCCc2sccc21)CN1CCCC1. The molecule has 110 valence electrons. The van der Waals surface area contributed by atoms with Gasteiger partial charge in [0.15, 0.2) is 0 Å². The van der Waals surface area contributed by atoms with Crippen molar-refractivity contribution < 1.29 is 9.94 Å². The number of thiophene rings is 1. The Labute approximate surface area is 124 Å². The maximum absolute atomic E-state index is 9.96. The van der Waals surface area contributed by atoms with E-state index >= 15 is 0 Å². The highest BCUT2D eigenvalue weighted by atomic mass is 32.1. The molecule has 1 saturated heterocycles. The molecule has 0 amide bonds. The Morgan fingerprint density at radius 3 is 3.00 bits per heavy atom. The van der Waals surface area contributed by atoms with Crippen LogP contribution in [-0.4, -0.2) is 48.1 Å². The molecule has 1 aliphatic heterocycles. The van der Waals surface area contributed by atoms with Crippen LogP contribution < -0.4 is 0 Å². The Morgan fingerprint density at radius 2 is 2.15 bits per heavy atom. The van der Waals surface area contributed by atoms with E-state index in [2.05, 4.69) is 21.5 Å². The number of aliphatic hydroxyl groups excluding tert-OH is 1. The summed E-state index contributed by atoms with van der Waals surface area (Å²) < 4.78 is 0. The molecule has 1 N–H and O–H groups in total. The number of rotatable bonds is 5. The van der Waals surface area contributed by atoms with Crippen LogP contribution in [0.4, 0.5) is 0 Å². The second-order valence-electron chi connectivity index (χ2n) is 5.61. The summed E-state index contributed by atoms with van der Waals surface area (Å²) in [5.41, 5.74) is 2.29. The summed E-state index contributed by atoms with van der Waals surface area (Å²) in [6.45, 7) is 3.20. The topological polar surface area (TPSA) is 45.1 Å². The Kier molecular flexibility index (Phi) is 4.70. The third-order valence-electron chi connectivity index (χ3n) is 3.98. The van der Waals surface area contributed by atoms with Crippen LogP contribution in [0.2, 0.25) is 0 Å². The van der Waals surface area contributed by atoms with E-state index in [4.69, 9.17) is 4.84 Å². The number of nitrogens with zero attached hydrogens (tertiary/aromatic N) is 2. The van der Waals surface area contributed by atoms with Gasteiger partial charge in [-0.3, -0.25) is 0 Å². The van der Waals surface area contributed by atoms with E-state index in [0.717, 1.165) is 38.1 Å². The minimum atomic E-state index is -0.442. The van der Waals surface area contributed by atoms with Gasteiger partial charge >= 0.3 is 0 Å². The number of fused-ring (bicyclic) bond motifs is 1. The van der Waals surface area contributed by atoms with Crippen molar-refractivity contribution in [1.82, 2.24) is 4.90 Å². The number of β-amino-alcohol motifs (C(OH)–C–C–N with tert-alkyl or cyclic N) is 1. The van der Waals surface area contributed by atoms with E-state index in [9.17, 15) is 5.11 Å². The van der Waals surface area contributed by atoms with Crippen LogP contribution in [0.1, 0.15) is 36.1 Å². The van der Waals surface area contributed by atoms with E-state index in [1.54, 1.807) is 11.3 Å². The van der Waals surface area contributed by atoms with Gasteiger partial charge in [0.2, 0.25) is 0 Å². The Bertz CT molecular complexity index is 466. The van der Waals surface area contributed by atoms with Gasteiger partial charge in [-0.05, 0) is 56.6 Å². The van der Waals surface area contributed by atoms with E-state index in [1.165, 1.54) is 23.3 Å². The maximum atomic E-state index is 9.96. The van der Waals surface area contributed by atoms with Crippen LogP contribution >= 0.6 is 11.3 Å². The summed E-state index contributed by atoms with van der Waals surface area (Å²) >= 11 is 1.80. The van der Waals surface area contributed by atoms with Gasteiger partial charge in [0.25, 0.3) is 0 Å². The van der Waals surface area contributed by atoms with E-state index in [-0.39, 0.29) is 0 Å². The minimum Gasteiger partial charge on any atom is -0.393 e. The fraction of sp³-hybridized carbons (Fsp3) is 0.667. The zero-order valence-corrected chi connectivity index (χ0v) is 12.6. The predicted molar refractivity (Wildman–Crippen MR) is 81.4 cm³/mol. The molecular formula is C15H22N2O2S. The Balaban J connectivity index is 1.48. The standard InChI is InChI=1S/C15H22N2O2S/c18-12(10-17-7-1-2-8-17)11-19-16-14-4-3-5-15-13(14)6-9-20-15/h6,9,12,18H,1-5,7-8,10-11H2/b16-14-. The molecule has 0 radical (unpaired) electrons. The average Bonchev–Trinajstić information content (AvgIpc) is 3.09. The minimum absolute atomic E-state index is 0.291. The zero-order valence-electron chi connectivity index (χ0n) is 11.8. The maximum Gasteiger partial charge on any atom is 0.144 e. The van der Waals surface area contributed by atoms with E-state index < -0.39 is 6.10 Å². The lowest BCUT2D eigenvalue weighted by atomic mass is 9.97. The lowest BCUT2D eigenvalue weighted by Gasteiger charge is -2.18. The van der Waals surface area contributed by atoms with Gasteiger partial charge in [-0.1, -0.05) is 5.16 Å². The normalized spacial score (nSPS) is 22.9. The van der Waals surface area contributed by atoms with Crippen molar-refractivity contribution in [3.05, 3.63) is 21.9 Å². The zero-order chi connectivity index (χ0) is 13.8. The predicted octanol–water partition coefficient (Wildman–Crippen LogP) is 2.26. The van der Waals surface area contributed by atoms with Crippen LogP contribution in [0.5, 0.6) is 0 Å². The highest BCUT2D eigenvalue weighted by molar-refractivity contribution is 7.10. The Hall–Kier alpha value is -0.910. The molecule has 1 atom stereocenters. The monoisotopic (exact) mass is 294 g/mol. The van der Waals surface area contributed by atoms with Gasteiger partial charge in [-0.2, -0.15) is 0 Å². The molecule has 5 heteroatoms. The summed E-state index contributed by atoms with van der Waals surface area (Å²) in [7, 11) is 0. The van der Waals surface area contributed by atoms with Crippen molar-refractivity contribution in [2.45, 2.75) is 38.2 Å². The molecule has 2 heterocycles. The third kappa shape index (κ3) is 3.40. The molecule has 0 saturated carbocycles. The molecule has 4 nitrogen and oxygen atoms in total. The molecule has 20 heavy (non-hydrogen) atoms. The van der Waals surface area contributed by atoms with Gasteiger partial charge in [-0.25, -0.2) is 0 Å². The van der Waals surface area contributed by atoms with E-state index in [0.29, 0.717) is 13.2 Å². The molecule has 1 aromatic heterocycles. The molecule has 0 aromatic carbocycles. The summed E-state index contributed by atoms with van der Waals surface area (Å²) in [6, 6.07) is 2.13. The number of likely N-dealkylation sites (tertiary alicyclic amines) is 1. The molecule has 1 aliphatic carbocycles. The summed E-state index contributed by atoms with van der Waals surface area (Å²) in [4.78, 5) is 9.09. The summed E-state index contributed by atoms with van der Waals surface area (Å²) in [5.74, 6) is 0. The first-order valence-corrected chi connectivity index (χ1v) is 8.37. The third-order valence-corrected chi connectivity index (χ3v) is 4.96. The first-order chi connectivity index (χ1) is 9.83. The number of hydrogen-bond donors (Lipinski definition) is 1. The smallest absolute Gasteiger partial charge is 0.144 e. The summed E-state index contributed by atoms with van der Waals surface area (Å²) in [6.07, 6.45) is 5.33. The number of aliphatic hydroxyl groups is 1. The van der Waals surface area contributed by atoms with Crippen molar-refractivity contribution in [3.8, 4) is 0 Å². The second kappa shape index (κ2) is 6.70. The van der Waals surface area contributed by atoms with Gasteiger partial charge in [0.1, 0.15) is 12.7 Å². The molecule has 0 spiro atoms. The molecule has 1 unspecified atom stereocenters. The lowest BCUT2D eigenvalue weighted by molar-refractivity contribution is 0.0228. The molecule has 3 rings (SSSR count). The first kappa shape index (κ1) is 14.0. The van der Waals surface area contributed by atoms with E-state index in [1.807, 2.05) is 0 Å².